The fourth-order valence-corrected chi connectivity index (χ4v) is 4.17. The van der Waals surface area contributed by atoms with Gasteiger partial charge in [0.15, 0.2) is 0 Å². The van der Waals surface area contributed by atoms with Crippen LogP contribution in [0, 0.1) is 5.82 Å². The van der Waals surface area contributed by atoms with E-state index in [1.165, 1.54) is 12.5 Å². The number of hydrogen-bond acceptors (Lipinski definition) is 2. The second kappa shape index (κ2) is 5.17. The molecule has 0 bridgehead atoms. The van der Waals surface area contributed by atoms with Gasteiger partial charge in [-0.05, 0) is 44.7 Å². The van der Waals surface area contributed by atoms with Crippen molar-refractivity contribution in [1.29, 1.82) is 0 Å². The van der Waals surface area contributed by atoms with Gasteiger partial charge in [-0.2, -0.15) is 11.8 Å². The van der Waals surface area contributed by atoms with Gasteiger partial charge in [-0.3, -0.25) is 0 Å². The third kappa shape index (κ3) is 2.61. The molecule has 0 aromatic heterocycles. The fourth-order valence-electron chi connectivity index (χ4n) is 2.55. The van der Waals surface area contributed by atoms with Gasteiger partial charge in [0.05, 0.1) is 0 Å². The number of rotatable bonds is 3. The minimum Gasteiger partial charge on any atom is -0.312 e. The molecule has 17 heavy (non-hydrogen) atoms. The van der Waals surface area contributed by atoms with Crippen LogP contribution < -0.4 is 5.32 Å². The van der Waals surface area contributed by atoms with Gasteiger partial charge in [0.2, 0.25) is 0 Å². The Balaban J connectivity index is 2.34. The molecule has 0 radical (unpaired) electrons. The van der Waals surface area contributed by atoms with E-state index >= 15 is 0 Å². The lowest BCUT2D eigenvalue weighted by atomic mass is 9.90. The van der Waals surface area contributed by atoms with Gasteiger partial charge in [-0.25, -0.2) is 4.39 Å². The summed E-state index contributed by atoms with van der Waals surface area (Å²) in [5.41, 5.74) is 0.716. The Morgan fingerprint density at radius 1 is 1.53 bits per heavy atom. The van der Waals surface area contributed by atoms with Crippen molar-refractivity contribution < 1.29 is 4.39 Å². The van der Waals surface area contributed by atoms with Crippen LogP contribution in [0.5, 0.6) is 0 Å². The fraction of sp³-hybridized carbons (Fsp3) is 0.538. The summed E-state index contributed by atoms with van der Waals surface area (Å²) in [4.78, 5) is 0. The normalized spacial score (nSPS) is 26.1. The molecule has 1 saturated heterocycles. The number of halogens is 2. The standard InChI is InChI=1S/C13H17ClFNS/c1-13(6-3-7-17-13)12(16-2)10-5-4-9(14)8-11(10)15/h4-5,8,12,16H,3,6-7H2,1-2H3. The van der Waals surface area contributed by atoms with Crippen molar-refractivity contribution in [2.45, 2.75) is 30.6 Å². The van der Waals surface area contributed by atoms with E-state index in [1.54, 1.807) is 12.1 Å². The summed E-state index contributed by atoms with van der Waals surface area (Å²) in [7, 11) is 1.89. The van der Waals surface area contributed by atoms with Gasteiger partial charge in [0, 0.05) is 21.4 Å². The van der Waals surface area contributed by atoms with E-state index in [-0.39, 0.29) is 16.6 Å². The molecule has 1 aliphatic heterocycles. The lowest BCUT2D eigenvalue weighted by Gasteiger charge is -2.33. The first-order valence-corrected chi connectivity index (χ1v) is 7.19. The quantitative estimate of drug-likeness (QED) is 0.893. The maximum absolute atomic E-state index is 14.0. The van der Waals surface area contributed by atoms with Gasteiger partial charge >= 0.3 is 0 Å². The van der Waals surface area contributed by atoms with Crippen molar-refractivity contribution >= 4 is 23.4 Å². The SMILES string of the molecule is CNC(c1ccc(Cl)cc1F)C1(C)CCCS1. The summed E-state index contributed by atoms with van der Waals surface area (Å²) >= 11 is 7.72. The highest BCUT2D eigenvalue weighted by molar-refractivity contribution is 8.00. The largest absolute Gasteiger partial charge is 0.312 e. The van der Waals surface area contributed by atoms with Crippen molar-refractivity contribution in [2.75, 3.05) is 12.8 Å². The summed E-state index contributed by atoms with van der Waals surface area (Å²) in [5.74, 6) is 0.940. The summed E-state index contributed by atoms with van der Waals surface area (Å²) in [6.45, 7) is 2.21. The van der Waals surface area contributed by atoms with Crippen LogP contribution in [-0.2, 0) is 0 Å². The van der Waals surface area contributed by atoms with Crippen LogP contribution in [0.4, 0.5) is 4.39 Å². The van der Waals surface area contributed by atoms with Crippen molar-refractivity contribution in [2.24, 2.45) is 0 Å². The molecule has 2 atom stereocenters. The molecule has 1 N–H and O–H groups in total. The molecule has 0 aliphatic carbocycles. The number of thioether (sulfide) groups is 1. The highest BCUT2D eigenvalue weighted by Crippen LogP contribution is 2.46. The van der Waals surface area contributed by atoms with Crippen LogP contribution in [0.25, 0.3) is 0 Å². The van der Waals surface area contributed by atoms with Crippen LogP contribution in [0.15, 0.2) is 18.2 Å². The van der Waals surface area contributed by atoms with E-state index in [0.717, 1.165) is 12.2 Å². The van der Waals surface area contributed by atoms with E-state index in [0.29, 0.717) is 10.6 Å². The van der Waals surface area contributed by atoms with Gasteiger partial charge in [0.25, 0.3) is 0 Å². The molecule has 94 valence electrons. The molecule has 0 amide bonds. The molecule has 1 fully saturated rings. The summed E-state index contributed by atoms with van der Waals surface area (Å²) in [6, 6.07) is 4.98. The Morgan fingerprint density at radius 3 is 2.82 bits per heavy atom. The minimum atomic E-state index is -0.217. The predicted molar refractivity (Wildman–Crippen MR) is 73.3 cm³/mol. The van der Waals surface area contributed by atoms with E-state index in [1.807, 2.05) is 18.8 Å². The van der Waals surface area contributed by atoms with Crippen LogP contribution in [-0.4, -0.2) is 17.5 Å². The predicted octanol–water partition coefficient (Wildman–Crippen LogP) is 4.03. The van der Waals surface area contributed by atoms with Crippen LogP contribution >= 0.6 is 23.4 Å². The number of benzene rings is 1. The average Bonchev–Trinajstić information content (AvgIpc) is 2.70. The van der Waals surface area contributed by atoms with Crippen molar-refractivity contribution in [1.82, 2.24) is 5.32 Å². The monoisotopic (exact) mass is 273 g/mol. The molecule has 1 nitrogen and oxygen atoms in total. The lowest BCUT2D eigenvalue weighted by molar-refractivity contribution is 0.424. The molecular formula is C13H17ClFNS. The van der Waals surface area contributed by atoms with Crippen LogP contribution in [0.2, 0.25) is 5.02 Å². The highest BCUT2D eigenvalue weighted by atomic mass is 35.5. The number of hydrogen-bond donors (Lipinski definition) is 1. The van der Waals surface area contributed by atoms with Crippen LogP contribution in [0.1, 0.15) is 31.4 Å². The van der Waals surface area contributed by atoms with E-state index < -0.39 is 0 Å². The third-order valence-electron chi connectivity index (χ3n) is 3.42. The van der Waals surface area contributed by atoms with E-state index in [9.17, 15) is 4.39 Å². The zero-order valence-corrected chi connectivity index (χ0v) is 11.7. The smallest absolute Gasteiger partial charge is 0.129 e. The zero-order chi connectivity index (χ0) is 12.5. The minimum absolute atomic E-state index is 0.0345. The molecule has 1 aromatic rings. The Bertz CT molecular complexity index is 404. The molecule has 0 spiro atoms. The Kier molecular flexibility index (Phi) is 4.01. The topological polar surface area (TPSA) is 12.0 Å². The van der Waals surface area contributed by atoms with Crippen molar-refractivity contribution in [3.63, 3.8) is 0 Å². The van der Waals surface area contributed by atoms with Gasteiger partial charge in [-0.15, -0.1) is 0 Å². The average molecular weight is 274 g/mol. The molecule has 1 aromatic carbocycles. The Morgan fingerprint density at radius 2 is 2.29 bits per heavy atom. The Hall–Kier alpha value is -0.250. The van der Waals surface area contributed by atoms with Gasteiger partial charge in [-0.1, -0.05) is 17.7 Å². The third-order valence-corrected chi connectivity index (χ3v) is 5.25. The molecule has 1 heterocycles. The zero-order valence-electron chi connectivity index (χ0n) is 10.1. The van der Waals surface area contributed by atoms with Crippen molar-refractivity contribution in [3.05, 3.63) is 34.6 Å². The van der Waals surface area contributed by atoms with E-state index in [4.69, 9.17) is 11.6 Å². The maximum atomic E-state index is 14.0. The van der Waals surface area contributed by atoms with Crippen LogP contribution in [0.3, 0.4) is 0 Å². The second-order valence-corrected chi connectivity index (χ2v) is 6.72. The Labute approximate surface area is 111 Å². The van der Waals surface area contributed by atoms with E-state index in [2.05, 4.69) is 12.2 Å². The first kappa shape index (κ1) is 13.2. The van der Waals surface area contributed by atoms with Gasteiger partial charge in [0.1, 0.15) is 5.82 Å². The van der Waals surface area contributed by atoms with Crippen molar-refractivity contribution in [3.8, 4) is 0 Å². The molecule has 2 rings (SSSR count). The van der Waals surface area contributed by atoms with Gasteiger partial charge < -0.3 is 5.32 Å². The summed E-state index contributed by atoms with van der Waals surface area (Å²) in [5, 5.41) is 3.71. The number of nitrogens with one attached hydrogen (secondary N) is 1. The first-order valence-electron chi connectivity index (χ1n) is 5.83. The first-order chi connectivity index (χ1) is 8.07. The summed E-state index contributed by atoms with van der Waals surface area (Å²) in [6.07, 6.45) is 2.32. The highest BCUT2D eigenvalue weighted by Gasteiger charge is 2.39. The molecular weight excluding hydrogens is 257 g/mol. The lowest BCUT2D eigenvalue weighted by Crippen LogP contribution is -2.36. The molecule has 2 unspecified atom stereocenters. The molecule has 0 saturated carbocycles. The second-order valence-electron chi connectivity index (χ2n) is 4.65. The summed E-state index contributed by atoms with van der Waals surface area (Å²) < 4.78 is 14.1. The molecule has 1 aliphatic rings. The maximum Gasteiger partial charge on any atom is 0.129 e. The molecule has 4 heteroatoms.